The Kier molecular flexibility index (Phi) is 10.0. The van der Waals surface area contributed by atoms with E-state index in [-0.39, 0.29) is 18.9 Å². The fraction of sp³-hybridized carbons (Fsp3) is 0.923. The van der Waals surface area contributed by atoms with E-state index in [0.29, 0.717) is 0 Å². The number of carbonyl (C=O) groups excluding carboxylic acids is 1. The van der Waals surface area contributed by atoms with Crippen molar-refractivity contribution in [3.05, 3.63) is 0 Å². The summed E-state index contributed by atoms with van der Waals surface area (Å²) in [5.74, 6) is -106. The first-order chi connectivity index (χ1) is 16.7. The number of aliphatic carboxylic acids is 1. The molecule has 0 atom stereocenters. The van der Waals surface area contributed by atoms with Crippen LogP contribution in [0, 0.1) is 0 Å². The van der Waals surface area contributed by atoms with Gasteiger partial charge in [0.2, 0.25) is 0 Å². The normalized spacial score (nSPS) is 16.4. The molecular formula is C13F25LiO2. The molecule has 0 saturated carbocycles. The smallest absolute Gasteiger partial charge is 0.544 e. The zero-order valence-electron chi connectivity index (χ0n) is 17.8. The van der Waals surface area contributed by atoms with E-state index in [2.05, 4.69) is 0 Å². The maximum atomic E-state index is 13.5. The number of alkyl halides is 25. The Hall–Kier alpha value is -1.68. The summed E-state index contributed by atoms with van der Waals surface area (Å²) in [6.45, 7) is 0. The van der Waals surface area contributed by atoms with Crippen LogP contribution in [0.3, 0.4) is 0 Å². The fourth-order valence-electron chi connectivity index (χ4n) is 2.08. The summed E-state index contributed by atoms with van der Waals surface area (Å²) in [7, 11) is 0. The third kappa shape index (κ3) is 4.73. The first-order valence-electron chi connectivity index (χ1n) is 8.13. The Morgan fingerprint density at radius 2 is 0.463 bits per heavy atom. The molecule has 0 fully saturated rings. The Balaban J connectivity index is 0. The molecule has 2 nitrogen and oxygen atoms in total. The van der Waals surface area contributed by atoms with E-state index in [1.54, 1.807) is 0 Å². The Morgan fingerprint density at radius 3 is 0.610 bits per heavy atom. The van der Waals surface area contributed by atoms with Gasteiger partial charge in [0.25, 0.3) is 0 Å². The Labute approximate surface area is 217 Å². The third-order valence-corrected chi connectivity index (χ3v) is 4.56. The van der Waals surface area contributed by atoms with E-state index in [9.17, 15) is 120 Å². The predicted octanol–water partition coefficient (Wildman–Crippen LogP) is 3.29. The van der Waals surface area contributed by atoms with Crippen LogP contribution in [-0.4, -0.2) is 77.3 Å². The van der Waals surface area contributed by atoms with E-state index in [1.165, 1.54) is 0 Å². The van der Waals surface area contributed by atoms with Crippen LogP contribution in [0.4, 0.5) is 110 Å². The molecule has 0 aromatic rings. The van der Waals surface area contributed by atoms with E-state index in [4.69, 9.17) is 0 Å². The molecule has 0 radical (unpaired) electrons. The number of hydrogen-bond donors (Lipinski definition) is 0. The summed E-state index contributed by atoms with van der Waals surface area (Å²) >= 11 is 0. The van der Waals surface area contributed by atoms with Gasteiger partial charge in [-0.05, 0) is 0 Å². The molecule has 0 rings (SSSR count). The molecule has 0 unspecified atom stereocenters. The van der Waals surface area contributed by atoms with Crippen molar-refractivity contribution in [2.75, 3.05) is 0 Å². The number of halogens is 25. The minimum Gasteiger partial charge on any atom is -0.544 e. The molecule has 0 aromatic carbocycles. The van der Waals surface area contributed by atoms with Crippen molar-refractivity contribution in [1.82, 2.24) is 0 Å². The zero-order valence-corrected chi connectivity index (χ0v) is 17.8. The van der Waals surface area contributed by atoms with Gasteiger partial charge in [-0.1, -0.05) is 0 Å². The van der Waals surface area contributed by atoms with Crippen molar-refractivity contribution in [3.8, 4) is 0 Å². The largest absolute Gasteiger partial charge is 1.00 e. The van der Waals surface area contributed by atoms with Crippen LogP contribution >= 0.6 is 0 Å². The molecule has 0 spiro atoms. The van der Waals surface area contributed by atoms with Gasteiger partial charge in [0.15, 0.2) is 0 Å². The van der Waals surface area contributed by atoms with Crippen molar-refractivity contribution in [3.63, 3.8) is 0 Å². The minimum absolute atomic E-state index is 0. The van der Waals surface area contributed by atoms with Crippen LogP contribution in [0.25, 0.3) is 0 Å². The van der Waals surface area contributed by atoms with Gasteiger partial charge in [-0.15, -0.1) is 0 Å². The van der Waals surface area contributed by atoms with Gasteiger partial charge in [0.05, 0.1) is 0 Å². The van der Waals surface area contributed by atoms with Gasteiger partial charge < -0.3 is 9.90 Å². The number of rotatable bonds is 11. The summed E-state index contributed by atoms with van der Waals surface area (Å²) in [5, 5.41) is 9.76. The number of carboxylic acid groups (broad SMARTS) is 1. The molecule has 0 aromatic heterocycles. The predicted molar refractivity (Wildman–Crippen MR) is 65.5 cm³/mol. The maximum Gasteiger partial charge on any atom is 1.00 e. The van der Waals surface area contributed by atoms with Crippen molar-refractivity contribution in [2.45, 2.75) is 71.3 Å². The molecule has 0 aliphatic rings. The van der Waals surface area contributed by atoms with Gasteiger partial charge in [-0.25, -0.2) is 0 Å². The maximum absolute atomic E-state index is 13.5. The summed E-state index contributed by atoms with van der Waals surface area (Å²) in [5.41, 5.74) is 0. The van der Waals surface area contributed by atoms with Crippen LogP contribution < -0.4 is 24.0 Å². The van der Waals surface area contributed by atoms with Crippen LogP contribution in [-0.2, 0) is 4.79 Å². The van der Waals surface area contributed by atoms with Gasteiger partial charge in [0.1, 0.15) is 5.97 Å². The minimum atomic E-state index is -9.70. The summed E-state index contributed by atoms with van der Waals surface area (Å²) in [6.07, 6.45) is -8.21. The summed E-state index contributed by atoms with van der Waals surface area (Å²) < 4.78 is 325. The first kappa shape index (κ1) is 41.5. The second-order valence-electron chi connectivity index (χ2n) is 7.10. The van der Waals surface area contributed by atoms with E-state index in [1.807, 2.05) is 0 Å². The van der Waals surface area contributed by atoms with Crippen LogP contribution in [0.15, 0.2) is 0 Å². The van der Waals surface area contributed by atoms with Gasteiger partial charge in [-0.3, -0.25) is 0 Å². The van der Waals surface area contributed by atoms with Gasteiger partial charge >= 0.3 is 90.2 Å². The average Bonchev–Trinajstić information content (AvgIpc) is 2.71. The number of carboxylic acids is 1. The van der Waals surface area contributed by atoms with Crippen molar-refractivity contribution < 1.29 is 139 Å². The average molecular weight is 670 g/mol. The van der Waals surface area contributed by atoms with Crippen LogP contribution in [0.1, 0.15) is 0 Å². The molecule has 0 aliphatic heterocycles. The fourth-order valence-corrected chi connectivity index (χ4v) is 2.08. The molecule has 28 heteroatoms. The first-order valence-corrected chi connectivity index (χ1v) is 8.13. The third-order valence-electron chi connectivity index (χ3n) is 4.56. The molecule has 0 aliphatic carbocycles. The quantitative estimate of drug-likeness (QED) is 0.251. The van der Waals surface area contributed by atoms with Crippen molar-refractivity contribution >= 4 is 5.97 Å². The molecule has 0 heterocycles. The molecule has 0 amide bonds. The SMILES string of the molecule is O=C([O-])C(F)(F)C(F)(F)C(F)(F)C(F)(F)C(F)(F)C(F)(F)C(F)(F)C(F)(F)C(F)(F)C(F)(F)C(F)(F)C(F)(F)F.[Li+]. The van der Waals surface area contributed by atoms with E-state index in [0.717, 1.165) is 0 Å². The monoisotopic (exact) mass is 670 g/mol. The van der Waals surface area contributed by atoms with Gasteiger partial charge in [0, 0.05) is 0 Å². The standard InChI is InChI=1S/C13HF25O2.Li/c14-2(15,1(39)40)3(16,17)4(18,19)5(20,21)6(22,23)7(24,25)8(26,27)9(28,29)10(30,31)11(32,33)12(34,35)13(36,37)38;/h(H,39,40);/q;+1/p-1. The topological polar surface area (TPSA) is 40.1 Å². The summed E-state index contributed by atoms with van der Waals surface area (Å²) in [4.78, 5) is 9.76. The van der Waals surface area contributed by atoms with E-state index < -0.39 is 77.3 Å². The molecule has 41 heavy (non-hydrogen) atoms. The van der Waals surface area contributed by atoms with Crippen molar-refractivity contribution in [1.29, 1.82) is 0 Å². The number of hydrogen-bond acceptors (Lipinski definition) is 2. The molecule has 240 valence electrons. The summed E-state index contributed by atoms with van der Waals surface area (Å²) in [6, 6.07) is 0. The second-order valence-corrected chi connectivity index (χ2v) is 7.10. The zero-order chi connectivity index (χ0) is 33.6. The Morgan fingerprint density at radius 1 is 0.317 bits per heavy atom. The molecule has 0 saturated heterocycles. The van der Waals surface area contributed by atoms with Crippen LogP contribution in [0.2, 0.25) is 0 Å². The molecular weight excluding hydrogens is 670 g/mol. The second kappa shape index (κ2) is 9.93. The van der Waals surface area contributed by atoms with Gasteiger partial charge in [-0.2, -0.15) is 110 Å². The van der Waals surface area contributed by atoms with Crippen molar-refractivity contribution in [2.24, 2.45) is 0 Å². The van der Waals surface area contributed by atoms with E-state index >= 15 is 0 Å². The Bertz CT molecular complexity index is 976. The number of carbonyl (C=O) groups is 1. The molecule has 0 bridgehead atoms. The van der Waals surface area contributed by atoms with Crippen LogP contribution in [0.5, 0.6) is 0 Å². The molecule has 0 N–H and O–H groups in total.